The Morgan fingerprint density at radius 2 is 0.880 bits per heavy atom. The van der Waals surface area contributed by atoms with E-state index in [0.717, 1.165) is 45.6 Å². The second kappa shape index (κ2) is 51.9. The first-order valence-corrected chi connectivity index (χ1v) is 30.9. The molecule has 22 heteroatoms. The van der Waals surface area contributed by atoms with Crippen LogP contribution in [0, 0.1) is 68.2 Å². The van der Waals surface area contributed by atoms with Crippen molar-refractivity contribution in [2.45, 2.75) is 236 Å². The molecule has 547 valence electrons. The van der Waals surface area contributed by atoms with Crippen molar-refractivity contribution in [3.8, 4) is 24.7 Å². The molecule has 1 N–H and O–H groups in total. The molecule has 0 aromatic carbocycles. The number of hydrogen-bond donors (Lipinski definition) is 1. The summed E-state index contributed by atoms with van der Waals surface area (Å²) >= 11 is 0. The van der Waals surface area contributed by atoms with Crippen LogP contribution < -0.4 is 0 Å². The van der Waals surface area contributed by atoms with E-state index >= 15 is 0 Å². The van der Waals surface area contributed by atoms with Gasteiger partial charge in [0.15, 0.2) is 0 Å². The Morgan fingerprint density at radius 1 is 0.360 bits per heavy atom. The maximum atomic E-state index is 5.22. The first kappa shape index (κ1) is 109. The molecule has 0 saturated heterocycles. The van der Waals surface area contributed by atoms with E-state index in [9.17, 15) is 0 Å². The van der Waals surface area contributed by atoms with Crippen LogP contribution in [0.2, 0.25) is 0 Å². The smallest absolute Gasteiger partial charge is 0.135 e. The molecule has 0 bridgehead atoms. The number of pyridine rings is 3. The summed E-state index contributed by atoms with van der Waals surface area (Å²) in [5.41, 5.74) is 9.98. The van der Waals surface area contributed by atoms with E-state index < -0.39 is 0 Å². The third-order valence-electron chi connectivity index (χ3n) is 12.4. The quantitative estimate of drug-likeness (QED) is 0.111. The van der Waals surface area contributed by atoms with Crippen molar-refractivity contribution in [1.82, 2.24) is 75.0 Å². The molecule has 9 aromatic rings. The zero-order valence-corrected chi connectivity index (χ0v) is 82.6. The normalized spacial score (nSPS) is 10.6. The van der Waals surface area contributed by atoms with Crippen LogP contribution in [0.1, 0.15) is 249 Å². The predicted molar refractivity (Wildman–Crippen MR) is 377 cm³/mol. The number of hydrogen-bond acceptors (Lipinski definition) is 14. The van der Waals surface area contributed by atoms with Gasteiger partial charge in [-0.2, -0.15) is 48.0 Å². The van der Waals surface area contributed by atoms with E-state index in [1.807, 2.05) is 66.9 Å². The number of terminal acetylenes is 2. The summed E-state index contributed by atoms with van der Waals surface area (Å²) in [6.45, 7) is 57.2. The minimum Gasteiger partial charge on any atom is -0.394 e. The summed E-state index contributed by atoms with van der Waals surface area (Å²) < 4.78 is 0. The van der Waals surface area contributed by atoms with E-state index in [1.54, 1.807) is 43.1 Å². The Morgan fingerprint density at radius 3 is 1.20 bits per heavy atom. The Labute approximate surface area is 699 Å². The molecule has 0 atom stereocenters. The zero-order chi connectivity index (χ0) is 71.0. The summed E-state index contributed by atoms with van der Waals surface area (Å²) in [5, 5.41) is 6.47. The number of H-pyrrole nitrogens is 1. The Balaban J connectivity index is -0.000000193. The first-order valence-electron chi connectivity index (χ1n) is 30.9. The van der Waals surface area contributed by atoms with Gasteiger partial charge < -0.3 is 55.1 Å². The molecule has 9 rings (SSSR count). The van der Waals surface area contributed by atoms with E-state index in [4.69, 9.17) is 12.8 Å². The molecule has 0 aliphatic carbocycles. The summed E-state index contributed by atoms with van der Waals surface area (Å²) in [6.07, 6.45) is 43.6. The molecule has 9 heterocycles. The second-order valence-electron chi connectivity index (χ2n) is 30.6. The molecule has 0 amide bonds. The van der Waals surface area contributed by atoms with Gasteiger partial charge in [0.1, 0.15) is 23.5 Å². The summed E-state index contributed by atoms with van der Waals surface area (Å²) in [6, 6.07) is 22.8. The van der Waals surface area contributed by atoms with Crippen LogP contribution in [0.4, 0.5) is 0 Å². The van der Waals surface area contributed by atoms with Gasteiger partial charge in [0.2, 0.25) is 0 Å². The molecular formula is C78H104N15Re7-7. The van der Waals surface area contributed by atoms with Gasteiger partial charge in [-0.25, -0.2) is 19.9 Å². The van der Waals surface area contributed by atoms with Crippen molar-refractivity contribution >= 4 is 0 Å². The van der Waals surface area contributed by atoms with Gasteiger partial charge in [0.25, 0.3) is 0 Å². The molecule has 0 aliphatic heterocycles. The average Bonchev–Trinajstić information content (AvgIpc) is 1.26. The van der Waals surface area contributed by atoms with Crippen molar-refractivity contribution < 1.29 is 143 Å². The molecule has 100 heavy (non-hydrogen) atoms. The van der Waals surface area contributed by atoms with Crippen molar-refractivity contribution in [2.24, 2.45) is 0 Å². The third-order valence-corrected chi connectivity index (χ3v) is 12.4. The van der Waals surface area contributed by atoms with E-state index in [0.29, 0.717) is 11.4 Å². The maximum Gasteiger partial charge on any atom is 0.135 e. The minimum absolute atomic E-state index is 0. The van der Waals surface area contributed by atoms with Crippen LogP contribution in [0.3, 0.4) is 0 Å². The summed E-state index contributed by atoms with van der Waals surface area (Å²) in [5.74, 6) is 6.61. The van der Waals surface area contributed by atoms with Crippen LogP contribution in [0.15, 0.2) is 123 Å². The zero-order valence-electron chi connectivity index (χ0n) is 63.6. The van der Waals surface area contributed by atoms with Crippen LogP contribution >= 0.6 is 0 Å². The fourth-order valence-corrected chi connectivity index (χ4v) is 6.50. The summed E-state index contributed by atoms with van der Waals surface area (Å²) in [4.78, 5) is 52.0. The standard InChI is InChI=1S/2C10H12N2.3C9H12N.3C8H11N2.C7H11N2.7Re/c1-5-8-6-9(10(2,3)4)12-7-11-8;1-5-8-6-7-11-9(12-8)10(2,3)4;1-9(2,3)8-4-6-10-7-5-8;1-9(2,3)8-5-4-6-10-7-8;1-9(2,3)8-6-4-5-7-10-8;2*1-8(2,3)7-4-5-9-6-10-7;1-8(2,3)7-9-5-4-6-10-7;1-7(2,3)6-4-8-9-5-6;;;;;;;/h2*1,6-7H,2-4H3;3*4-6H,1-3H3;4,6H,1-3H3;2*4-5H,1-3H3;4H,1-3H3,(H,8,9);;;;;;;/q;;7*-1;;;;;;;. The molecule has 0 aliphatic rings. The van der Waals surface area contributed by atoms with E-state index in [1.165, 1.54) is 18.2 Å². The number of aromatic amines is 1. The van der Waals surface area contributed by atoms with Gasteiger partial charge in [0, 0.05) is 172 Å². The fraction of sp³-hybridized carbons (Fsp3) is 0.462. The van der Waals surface area contributed by atoms with Crippen LogP contribution in [0.25, 0.3) is 0 Å². The van der Waals surface area contributed by atoms with Crippen molar-refractivity contribution in [3.05, 3.63) is 229 Å². The number of aromatic nitrogens is 15. The number of nitrogens with zero attached hydrogens (tertiary/aromatic N) is 14. The molecule has 0 spiro atoms. The summed E-state index contributed by atoms with van der Waals surface area (Å²) in [7, 11) is 0. The Kier molecular flexibility index (Phi) is 56.7. The van der Waals surface area contributed by atoms with Gasteiger partial charge in [-0.15, -0.1) is 54.6 Å². The van der Waals surface area contributed by atoms with Gasteiger partial charge >= 0.3 is 0 Å². The maximum absolute atomic E-state index is 5.22. The Bertz CT molecular complexity index is 3070. The molecule has 7 radical (unpaired) electrons. The molecule has 0 saturated carbocycles. The average molecular weight is 2560 g/mol. The second-order valence-corrected chi connectivity index (χ2v) is 30.6. The topological polar surface area (TPSA) is 196 Å². The van der Waals surface area contributed by atoms with Gasteiger partial charge in [-0.1, -0.05) is 277 Å². The van der Waals surface area contributed by atoms with Crippen molar-refractivity contribution in [3.63, 3.8) is 0 Å². The molecule has 0 fully saturated rings. The van der Waals surface area contributed by atoms with Crippen molar-refractivity contribution in [1.29, 1.82) is 0 Å². The fourth-order valence-electron chi connectivity index (χ4n) is 6.50. The van der Waals surface area contributed by atoms with E-state index in [-0.39, 0.29) is 192 Å². The predicted octanol–water partition coefficient (Wildman–Crippen LogP) is 16.3. The first-order chi connectivity index (χ1) is 42.8. The molecular weight excluding hydrogens is 2450 g/mol. The minimum atomic E-state index is -0.0349. The molecule has 15 nitrogen and oxygen atoms in total. The third kappa shape index (κ3) is 48.7. The largest absolute Gasteiger partial charge is 0.394 e. The molecule has 9 aromatic heterocycles. The number of rotatable bonds is 0. The van der Waals surface area contributed by atoms with Crippen molar-refractivity contribution in [2.75, 3.05) is 0 Å². The van der Waals surface area contributed by atoms with Crippen LogP contribution in [-0.4, -0.2) is 75.0 Å². The van der Waals surface area contributed by atoms with Gasteiger partial charge in [-0.3, -0.25) is 0 Å². The van der Waals surface area contributed by atoms with Gasteiger partial charge in [0.05, 0.1) is 5.69 Å². The monoisotopic (exact) mass is 2560 g/mol. The number of nitrogens with one attached hydrogen (secondary N) is 1. The van der Waals surface area contributed by atoms with Crippen LogP contribution in [-0.2, 0) is 192 Å². The Hall–Kier alpha value is -4.18. The molecule has 0 unspecified atom stereocenters. The SMILES string of the molecule is C#Cc1cc(C(C)(C)C)ncn1.C#Cc1ccnc(C(C)(C)C)n1.CC(C)(C)c1[c-]n[nH]c1.CC(C)(C)c1[c-]nccc1.CC(C)(C)c1c[c-]ncc1.CC(C)(C)c1c[c-]ncn1.CC(C)(C)c1ccc[c-]n1.CC(C)(C)c1ccn[c-]n1.CC(C)(C)c1n[c-]ccn1.[Re].[Re].[Re].[Re].[Re].[Re].[Re]. The van der Waals surface area contributed by atoms with Gasteiger partial charge in [-0.05, 0) is 50.9 Å². The van der Waals surface area contributed by atoms with E-state index in [2.05, 4.69) is 317 Å². The van der Waals surface area contributed by atoms with Crippen LogP contribution in [0.5, 0.6) is 0 Å².